The second-order valence-corrected chi connectivity index (χ2v) is 9.19. The van der Waals surface area contributed by atoms with Crippen LogP contribution in [0.4, 0.5) is 4.79 Å². The summed E-state index contributed by atoms with van der Waals surface area (Å²) >= 11 is 12.4. The van der Waals surface area contributed by atoms with Gasteiger partial charge >= 0.3 is 6.09 Å². The zero-order valence-corrected chi connectivity index (χ0v) is 16.7. The molecule has 25 heavy (non-hydrogen) atoms. The number of benzene rings is 1. The molecule has 6 heteroatoms. The lowest BCUT2D eigenvalue weighted by atomic mass is 9.86. The van der Waals surface area contributed by atoms with Gasteiger partial charge < -0.3 is 9.64 Å². The summed E-state index contributed by atoms with van der Waals surface area (Å²) < 4.78 is 5.52. The van der Waals surface area contributed by atoms with Crippen molar-refractivity contribution in [3.63, 3.8) is 0 Å². The van der Waals surface area contributed by atoms with Crippen LogP contribution in [0, 0.1) is 5.41 Å². The van der Waals surface area contributed by atoms with E-state index in [1.807, 2.05) is 43.9 Å². The molecule has 4 nitrogen and oxygen atoms in total. The number of hydrogen-bond donors (Lipinski definition) is 0. The summed E-state index contributed by atoms with van der Waals surface area (Å²) in [6.07, 6.45) is 1.94. The van der Waals surface area contributed by atoms with Gasteiger partial charge in [-0.3, -0.25) is 4.90 Å². The van der Waals surface area contributed by atoms with E-state index in [-0.39, 0.29) is 11.5 Å². The fourth-order valence-electron chi connectivity index (χ4n) is 3.82. The molecule has 2 heterocycles. The summed E-state index contributed by atoms with van der Waals surface area (Å²) in [5.41, 5.74) is 0.799. The molecule has 3 rings (SSSR count). The Hall–Kier alpha value is -0.970. The standard InChI is InChI=1S/C19H26Cl2N2O2/c1-18(2,3)25-17(24)23-9-7-19(13-23)6-8-22(12-19)11-14-10-15(20)4-5-16(14)21/h4-5,10H,6-9,11-13H2,1-3H3. The third kappa shape index (κ3) is 4.60. The van der Waals surface area contributed by atoms with Crippen molar-refractivity contribution < 1.29 is 9.53 Å². The van der Waals surface area contributed by atoms with Crippen LogP contribution < -0.4 is 0 Å². The number of hydrogen-bond acceptors (Lipinski definition) is 3. The predicted octanol–water partition coefficient (Wildman–Crippen LogP) is 4.83. The first-order chi connectivity index (χ1) is 11.7. The maximum absolute atomic E-state index is 12.3. The molecule has 138 valence electrons. The molecular formula is C19H26Cl2N2O2. The van der Waals surface area contributed by atoms with Crippen LogP contribution in [-0.4, -0.2) is 47.7 Å². The van der Waals surface area contributed by atoms with E-state index in [1.54, 1.807) is 0 Å². The Morgan fingerprint density at radius 3 is 2.64 bits per heavy atom. The van der Waals surface area contributed by atoms with Crippen LogP contribution in [0.5, 0.6) is 0 Å². The number of nitrogens with zero attached hydrogens (tertiary/aromatic N) is 2. The van der Waals surface area contributed by atoms with Crippen molar-refractivity contribution >= 4 is 29.3 Å². The minimum atomic E-state index is -0.447. The zero-order chi connectivity index (χ0) is 18.2. The van der Waals surface area contributed by atoms with Gasteiger partial charge in [-0.25, -0.2) is 4.79 Å². The number of carbonyl (C=O) groups is 1. The van der Waals surface area contributed by atoms with Crippen LogP contribution in [0.3, 0.4) is 0 Å². The second-order valence-electron chi connectivity index (χ2n) is 8.35. The maximum atomic E-state index is 12.3. The fourth-order valence-corrected chi connectivity index (χ4v) is 4.19. The van der Waals surface area contributed by atoms with Gasteiger partial charge in [0.05, 0.1) is 0 Å². The highest BCUT2D eigenvalue weighted by Crippen LogP contribution is 2.40. The van der Waals surface area contributed by atoms with Crippen molar-refractivity contribution in [1.29, 1.82) is 0 Å². The Morgan fingerprint density at radius 1 is 1.20 bits per heavy atom. The first kappa shape index (κ1) is 18.8. The van der Waals surface area contributed by atoms with Crippen LogP contribution in [-0.2, 0) is 11.3 Å². The van der Waals surface area contributed by atoms with E-state index in [0.29, 0.717) is 5.02 Å². The highest BCUT2D eigenvalue weighted by Gasteiger charge is 2.45. The highest BCUT2D eigenvalue weighted by molar-refractivity contribution is 6.33. The first-order valence-corrected chi connectivity index (χ1v) is 9.56. The molecule has 1 aromatic carbocycles. The molecule has 1 aromatic rings. The number of likely N-dealkylation sites (tertiary alicyclic amines) is 2. The average Bonchev–Trinajstić information content (AvgIpc) is 3.09. The Morgan fingerprint density at radius 2 is 1.92 bits per heavy atom. The van der Waals surface area contributed by atoms with Crippen molar-refractivity contribution in [3.8, 4) is 0 Å². The van der Waals surface area contributed by atoms with E-state index in [9.17, 15) is 4.79 Å². The maximum Gasteiger partial charge on any atom is 0.410 e. The normalized spacial score (nSPS) is 24.3. The van der Waals surface area contributed by atoms with Gasteiger partial charge in [-0.05, 0) is 63.9 Å². The molecule has 0 bridgehead atoms. The minimum Gasteiger partial charge on any atom is -0.444 e. The van der Waals surface area contributed by atoms with Crippen LogP contribution in [0.15, 0.2) is 18.2 Å². The molecule has 1 spiro atoms. The smallest absolute Gasteiger partial charge is 0.410 e. The van der Waals surface area contributed by atoms with E-state index < -0.39 is 5.60 Å². The van der Waals surface area contributed by atoms with Gasteiger partial charge in [0, 0.05) is 41.6 Å². The Balaban J connectivity index is 1.59. The molecule has 1 atom stereocenters. The molecule has 0 aliphatic carbocycles. The molecule has 0 aromatic heterocycles. The SMILES string of the molecule is CC(C)(C)OC(=O)N1CCC2(CCN(Cc3cc(Cl)ccc3Cl)C2)C1. The van der Waals surface area contributed by atoms with E-state index in [1.165, 1.54) is 0 Å². The summed E-state index contributed by atoms with van der Waals surface area (Å²) in [5, 5.41) is 1.47. The molecular weight excluding hydrogens is 359 g/mol. The van der Waals surface area contributed by atoms with Gasteiger partial charge in [0.15, 0.2) is 0 Å². The lowest BCUT2D eigenvalue weighted by Crippen LogP contribution is -2.37. The zero-order valence-electron chi connectivity index (χ0n) is 15.1. The number of rotatable bonds is 2. The van der Waals surface area contributed by atoms with Crippen molar-refractivity contribution in [2.75, 3.05) is 26.2 Å². The first-order valence-electron chi connectivity index (χ1n) is 8.80. The van der Waals surface area contributed by atoms with E-state index in [0.717, 1.165) is 56.2 Å². The minimum absolute atomic E-state index is 0.182. The van der Waals surface area contributed by atoms with Crippen molar-refractivity contribution in [2.24, 2.45) is 5.41 Å². The Kier molecular flexibility index (Phi) is 5.25. The molecule has 0 radical (unpaired) electrons. The molecule has 1 amide bonds. The van der Waals surface area contributed by atoms with Crippen molar-refractivity contribution in [2.45, 2.75) is 45.8 Å². The highest BCUT2D eigenvalue weighted by atomic mass is 35.5. The van der Waals surface area contributed by atoms with Crippen molar-refractivity contribution in [1.82, 2.24) is 9.80 Å². The molecule has 0 N–H and O–H groups in total. The largest absolute Gasteiger partial charge is 0.444 e. The van der Waals surface area contributed by atoms with Crippen LogP contribution in [0.25, 0.3) is 0 Å². The number of carbonyl (C=O) groups excluding carboxylic acids is 1. The molecule has 2 saturated heterocycles. The number of halogens is 2. The molecule has 2 aliphatic rings. The summed E-state index contributed by atoms with van der Waals surface area (Å²) in [6, 6.07) is 5.61. The average molecular weight is 385 g/mol. The molecule has 1 unspecified atom stereocenters. The fraction of sp³-hybridized carbons (Fsp3) is 0.632. The summed E-state index contributed by atoms with van der Waals surface area (Å²) in [7, 11) is 0. The van der Waals surface area contributed by atoms with Crippen molar-refractivity contribution in [3.05, 3.63) is 33.8 Å². The van der Waals surface area contributed by atoms with E-state index in [4.69, 9.17) is 27.9 Å². The number of ether oxygens (including phenoxy) is 1. The van der Waals surface area contributed by atoms with Crippen LogP contribution >= 0.6 is 23.2 Å². The summed E-state index contributed by atoms with van der Waals surface area (Å²) in [5.74, 6) is 0. The summed E-state index contributed by atoms with van der Waals surface area (Å²) in [6.45, 7) is 10.1. The van der Waals surface area contributed by atoms with Gasteiger partial charge in [0.25, 0.3) is 0 Å². The van der Waals surface area contributed by atoms with Gasteiger partial charge in [-0.15, -0.1) is 0 Å². The molecule has 0 saturated carbocycles. The van der Waals surface area contributed by atoms with Gasteiger partial charge in [-0.2, -0.15) is 0 Å². The predicted molar refractivity (Wildman–Crippen MR) is 101 cm³/mol. The van der Waals surface area contributed by atoms with Gasteiger partial charge in [0.1, 0.15) is 5.60 Å². The third-order valence-electron chi connectivity index (χ3n) is 5.01. The quantitative estimate of drug-likeness (QED) is 0.731. The third-order valence-corrected chi connectivity index (χ3v) is 5.61. The van der Waals surface area contributed by atoms with E-state index >= 15 is 0 Å². The monoisotopic (exact) mass is 384 g/mol. The second kappa shape index (κ2) is 6.98. The lowest BCUT2D eigenvalue weighted by Gasteiger charge is -2.27. The Labute approximate surface area is 160 Å². The summed E-state index contributed by atoms with van der Waals surface area (Å²) in [4.78, 5) is 16.6. The van der Waals surface area contributed by atoms with E-state index in [2.05, 4.69) is 4.90 Å². The van der Waals surface area contributed by atoms with Gasteiger partial charge in [0.2, 0.25) is 0 Å². The topological polar surface area (TPSA) is 32.8 Å². The lowest BCUT2D eigenvalue weighted by molar-refractivity contribution is 0.0274. The van der Waals surface area contributed by atoms with Gasteiger partial charge in [-0.1, -0.05) is 23.2 Å². The molecule has 2 fully saturated rings. The van der Waals surface area contributed by atoms with Crippen LogP contribution in [0.1, 0.15) is 39.2 Å². The molecule has 2 aliphatic heterocycles. The van der Waals surface area contributed by atoms with Crippen LogP contribution in [0.2, 0.25) is 10.0 Å². The Bertz CT molecular complexity index is 659. The number of amides is 1.